The van der Waals surface area contributed by atoms with Crippen molar-refractivity contribution >= 4 is 17.4 Å². The number of carbonyl (C=O) groups is 1. The molecular formula is C17H19N5O2. The summed E-state index contributed by atoms with van der Waals surface area (Å²) in [5, 5.41) is 2.95. The zero-order valence-electron chi connectivity index (χ0n) is 13.2. The lowest BCUT2D eigenvalue weighted by atomic mass is 9.82. The monoisotopic (exact) mass is 325 g/mol. The molecule has 0 aromatic carbocycles. The summed E-state index contributed by atoms with van der Waals surface area (Å²) in [4.78, 5) is 27.2. The number of pyridine rings is 1. The lowest BCUT2D eigenvalue weighted by molar-refractivity contribution is -0.128. The van der Waals surface area contributed by atoms with Gasteiger partial charge in [0.1, 0.15) is 12.1 Å². The van der Waals surface area contributed by atoms with Crippen molar-refractivity contribution in [3.05, 3.63) is 43.1 Å². The number of amides is 1. The SMILES string of the molecule is O=C(Nc1cccnc1)[C@@H]1COC[C@H]2CN(c3ccncn3)C[C@H]21. The zero-order chi connectivity index (χ0) is 16.4. The van der Waals surface area contributed by atoms with E-state index in [4.69, 9.17) is 4.74 Å². The topological polar surface area (TPSA) is 80.2 Å². The van der Waals surface area contributed by atoms with Gasteiger partial charge in [0.05, 0.1) is 31.0 Å². The molecule has 0 radical (unpaired) electrons. The maximum Gasteiger partial charge on any atom is 0.230 e. The molecule has 0 spiro atoms. The van der Waals surface area contributed by atoms with Crippen LogP contribution in [0.15, 0.2) is 43.1 Å². The molecule has 2 fully saturated rings. The van der Waals surface area contributed by atoms with Crippen LogP contribution in [0.4, 0.5) is 11.5 Å². The quantitative estimate of drug-likeness (QED) is 0.914. The van der Waals surface area contributed by atoms with Gasteiger partial charge in [-0.05, 0) is 24.1 Å². The Morgan fingerprint density at radius 3 is 2.96 bits per heavy atom. The van der Waals surface area contributed by atoms with E-state index in [1.54, 1.807) is 24.9 Å². The first-order valence-corrected chi connectivity index (χ1v) is 8.11. The maximum absolute atomic E-state index is 12.7. The van der Waals surface area contributed by atoms with Crippen molar-refractivity contribution < 1.29 is 9.53 Å². The highest BCUT2D eigenvalue weighted by molar-refractivity contribution is 5.92. The molecule has 124 valence electrons. The van der Waals surface area contributed by atoms with Crippen molar-refractivity contribution in [3.8, 4) is 0 Å². The van der Waals surface area contributed by atoms with Gasteiger partial charge in [0, 0.05) is 31.4 Å². The number of ether oxygens (including phenoxy) is 1. The van der Waals surface area contributed by atoms with Gasteiger partial charge in [0.15, 0.2) is 0 Å². The molecule has 2 saturated heterocycles. The molecular weight excluding hydrogens is 306 g/mol. The fourth-order valence-electron chi connectivity index (χ4n) is 3.60. The summed E-state index contributed by atoms with van der Waals surface area (Å²) >= 11 is 0. The largest absolute Gasteiger partial charge is 0.380 e. The van der Waals surface area contributed by atoms with E-state index < -0.39 is 0 Å². The Morgan fingerprint density at radius 1 is 1.21 bits per heavy atom. The number of hydrogen-bond acceptors (Lipinski definition) is 6. The summed E-state index contributed by atoms with van der Waals surface area (Å²) in [6.07, 6.45) is 6.64. The third kappa shape index (κ3) is 2.94. The molecule has 2 aromatic heterocycles. The van der Waals surface area contributed by atoms with Gasteiger partial charge in [0.25, 0.3) is 0 Å². The van der Waals surface area contributed by atoms with Crippen LogP contribution in [0.1, 0.15) is 0 Å². The number of nitrogens with one attached hydrogen (secondary N) is 1. The van der Waals surface area contributed by atoms with E-state index in [1.807, 2.05) is 18.2 Å². The number of hydrogen-bond donors (Lipinski definition) is 1. The second-order valence-electron chi connectivity index (χ2n) is 6.27. The Balaban J connectivity index is 1.48. The predicted octanol–water partition coefficient (Wildman–Crippen LogP) is 1.21. The lowest BCUT2D eigenvalue weighted by Crippen LogP contribution is -2.41. The van der Waals surface area contributed by atoms with Crippen LogP contribution in [0.2, 0.25) is 0 Å². The summed E-state index contributed by atoms with van der Waals surface area (Å²) in [5.74, 6) is 1.37. The second kappa shape index (κ2) is 6.52. The van der Waals surface area contributed by atoms with Crippen molar-refractivity contribution in [2.45, 2.75) is 0 Å². The highest BCUT2D eigenvalue weighted by Gasteiger charge is 2.44. The Labute approximate surface area is 140 Å². The van der Waals surface area contributed by atoms with E-state index in [1.165, 1.54) is 0 Å². The molecule has 2 aliphatic rings. The lowest BCUT2D eigenvalue weighted by Gasteiger charge is -2.31. The number of fused-ring (bicyclic) bond motifs is 1. The smallest absolute Gasteiger partial charge is 0.230 e. The number of nitrogens with zero attached hydrogens (tertiary/aromatic N) is 4. The van der Waals surface area contributed by atoms with Crippen LogP contribution < -0.4 is 10.2 Å². The molecule has 2 aliphatic heterocycles. The van der Waals surface area contributed by atoms with Crippen molar-refractivity contribution in [1.82, 2.24) is 15.0 Å². The molecule has 0 aliphatic carbocycles. The van der Waals surface area contributed by atoms with Gasteiger partial charge in [-0.1, -0.05) is 0 Å². The number of rotatable bonds is 3. The Bertz CT molecular complexity index is 697. The molecule has 0 saturated carbocycles. The molecule has 7 nitrogen and oxygen atoms in total. The Hall–Kier alpha value is -2.54. The van der Waals surface area contributed by atoms with Gasteiger partial charge in [-0.15, -0.1) is 0 Å². The molecule has 2 aromatic rings. The minimum atomic E-state index is -0.157. The van der Waals surface area contributed by atoms with E-state index in [-0.39, 0.29) is 17.7 Å². The third-order valence-electron chi connectivity index (χ3n) is 4.79. The van der Waals surface area contributed by atoms with Crippen molar-refractivity contribution in [1.29, 1.82) is 0 Å². The fourth-order valence-corrected chi connectivity index (χ4v) is 3.60. The Morgan fingerprint density at radius 2 is 2.17 bits per heavy atom. The van der Waals surface area contributed by atoms with Crippen LogP contribution in [0.3, 0.4) is 0 Å². The minimum Gasteiger partial charge on any atom is -0.380 e. The Kier molecular flexibility index (Phi) is 4.08. The molecule has 4 heterocycles. The molecule has 1 N–H and O–H groups in total. The molecule has 24 heavy (non-hydrogen) atoms. The first kappa shape index (κ1) is 15.0. The molecule has 7 heteroatoms. The van der Waals surface area contributed by atoms with Crippen molar-refractivity contribution in [3.63, 3.8) is 0 Å². The van der Waals surface area contributed by atoms with Crippen molar-refractivity contribution in [2.75, 3.05) is 36.5 Å². The van der Waals surface area contributed by atoms with E-state index in [0.717, 1.165) is 24.6 Å². The molecule has 0 unspecified atom stereocenters. The number of anilines is 2. The molecule has 0 bridgehead atoms. The normalized spacial score (nSPS) is 26.0. The van der Waals surface area contributed by atoms with Crippen LogP contribution >= 0.6 is 0 Å². The standard InChI is InChI=1S/C17H19N5O2/c23-17(21-13-2-1-4-18-6-13)15-10-24-9-12-7-22(8-14(12)15)16-3-5-19-11-20-16/h1-6,11-12,14-15H,7-10H2,(H,21,23)/t12-,14-,15-/m1/s1. The van der Waals surface area contributed by atoms with Crippen LogP contribution in [-0.4, -0.2) is 47.2 Å². The highest BCUT2D eigenvalue weighted by Crippen LogP contribution is 2.36. The summed E-state index contributed by atoms with van der Waals surface area (Å²) in [6, 6.07) is 5.55. The van der Waals surface area contributed by atoms with Gasteiger partial charge >= 0.3 is 0 Å². The number of aromatic nitrogens is 3. The predicted molar refractivity (Wildman–Crippen MR) is 88.4 cm³/mol. The van der Waals surface area contributed by atoms with Crippen LogP contribution in [-0.2, 0) is 9.53 Å². The minimum absolute atomic E-state index is 0.00207. The van der Waals surface area contributed by atoms with Gasteiger partial charge in [0.2, 0.25) is 5.91 Å². The average molecular weight is 325 g/mol. The zero-order valence-corrected chi connectivity index (χ0v) is 13.2. The summed E-state index contributed by atoms with van der Waals surface area (Å²) in [5.41, 5.74) is 0.718. The second-order valence-corrected chi connectivity index (χ2v) is 6.27. The maximum atomic E-state index is 12.7. The van der Waals surface area contributed by atoms with Gasteiger partial charge in [-0.3, -0.25) is 9.78 Å². The first-order valence-electron chi connectivity index (χ1n) is 8.11. The molecule has 4 rings (SSSR count). The summed E-state index contributed by atoms with van der Waals surface area (Å²) in [6.45, 7) is 2.84. The molecule has 3 atom stereocenters. The van der Waals surface area contributed by atoms with Crippen molar-refractivity contribution in [2.24, 2.45) is 17.8 Å². The number of carbonyl (C=O) groups excluding carboxylic acids is 1. The van der Waals surface area contributed by atoms with Crippen LogP contribution in [0, 0.1) is 17.8 Å². The average Bonchev–Trinajstić information content (AvgIpc) is 3.07. The van der Waals surface area contributed by atoms with E-state index in [9.17, 15) is 4.79 Å². The van der Waals surface area contributed by atoms with Gasteiger partial charge in [-0.25, -0.2) is 9.97 Å². The highest BCUT2D eigenvalue weighted by atomic mass is 16.5. The van der Waals surface area contributed by atoms with E-state index in [0.29, 0.717) is 19.1 Å². The summed E-state index contributed by atoms with van der Waals surface area (Å²) < 4.78 is 5.70. The van der Waals surface area contributed by atoms with Gasteiger partial charge in [-0.2, -0.15) is 0 Å². The third-order valence-corrected chi connectivity index (χ3v) is 4.79. The van der Waals surface area contributed by atoms with Crippen LogP contribution in [0.25, 0.3) is 0 Å². The summed E-state index contributed by atoms with van der Waals surface area (Å²) in [7, 11) is 0. The first-order chi connectivity index (χ1) is 11.8. The van der Waals surface area contributed by atoms with E-state index in [2.05, 4.69) is 25.2 Å². The fraction of sp³-hybridized carbons (Fsp3) is 0.412. The van der Waals surface area contributed by atoms with Crippen LogP contribution in [0.5, 0.6) is 0 Å². The van der Waals surface area contributed by atoms with Gasteiger partial charge < -0.3 is 15.0 Å². The van der Waals surface area contributed by atoms with E-state index >= 15 is 0 Å². The molecule has 1 amide bonds.